The Morgan fingerprint density at radius 2 is 2.27 bits per heavy atom. The van der Waals surface area contributed by atoms with Crippen molar-refractivity contribution in [2.24, 2.45) is 5.73 Å². The Bertz CT molecular complexity index is 303. The molecule has 1 aliphatic heterocycles. The molecule has 3 heteroatoms. The molecule has 0 radical (unpaired) electrons. The first-order valence-electron chi connectivity index (χ1n) is 5.66. The molecular formula is C12H19N3. The van der Waals surface area contributed by atoms with E-state index in [9.17, 15) is 0 Å². The van der Waals surface area contributed by atoms with Crippen LogP contribution in [-0.4, -0.2) is 29.5 Å². The number of pyridine rings is 1. The second-order valence-corrected chi connectivity index (χ2v) is 4.35. The molecule has 0 aliphatic carbocycles. The Morgan fingerprint density at radius 3 is 2.80 bits per heavy atom. The van der Waals surface area contributed by atoms with Gasteiger partial charge in [0, 0.05) is 12.2 Å². The first-order valence-corrected chi connectivity index (χ1v) is 5.66. The molecule has 1 aromatic heterocycles. The number of nitrogens with zero attached hydrogens (tertiary/aromatic N) is 2. The van der Waals surface area contributed by atoms with Crippen molar-refractivity contribution >= 4 is 0 Å². The Kier molecular flexibility index (Phi) is 3.34. The van der Waals surface area contributed by atoms with Crippen molar-refractivity contribution in [3.8, 4) is 0 Å². The van der Waals surface area contributed by atoms with Crippen LogP contribution in [0.1, 0.15) is 30.1 Å². The second-order valence-electron chi connectivity index (χ2n) is 4.35. The maximum absolute atomic E-state index is 6.08. The van der Waals surface area contributed by atoms with E-state index in [1.165, 1.54) is 25.1 Å². The minimum absolute atomic E-state index is 0.0891. The van der Waals surface area contributed by atoms with Crippen molar-refractivity contribution < 1.29 is 0 Å². The predicted octanol–water partition coefficient (Wildman–Crippen LogP) is 1.49. The Morgan fingerprint density at radius 1 is 1.47 bits per heavy atom. The van der Waals surface area contributed by atoms with Gasteiger partial charge in [0.15, 0.2) is 0 Å². The van der Waals surface area contributed by atoms with Gasteiger partial charge in [-0.1, -0.05) is 6.07 Å². The van der Waals surface area contributed by atoms with Gasteiger partial charge in [-0.05, 0) is 51.0 Å². The fourth-order valence-electron chi connectivity index (χ4n) is 1.77. The summed E-state index contributed by atoms with van der Waals surface area (Å²) < 4.78 is 0. The van der Waals surface area contributed by atoms with E-state index in [0.717, 1.165) is 18.7 Å². The summed E-state index contributed by atoms with van der Waals surface area (Å²) in [6.45, 7) is 5.64. The summed E-state index contributed by atoms with van der Waals surface area (Å²) in [7, 11) is 0. The largest absolute Gasteiger partial charge is 0.323 e. The average molecular weight is 205 g/mol. The van der Waals surface area contributed by atoms with Gasteiger partial charge in [-0.25, -0.2) is 0 Å². The van der Waals surface area contributed by atoms with E-state index >= 15 is 0 Å². The lowest BCUT2D eigenvalue weighted by Gasteiger charge is -2.31. The summed E-state index contributed by atoms with van der Waals surface area (Å²) in [5, 5.41) is 0. The third kappa shape index (κ3) is 2.76. The molecular weight excluding hydrogens is 186 g/mol. The van der Waals surface area contributed by atoms with Crippen LogP contribution < -0.4 is 5.73 Å². The Labute approximate surface area is 91.3 Å². The van der Waals surface area contributed by atoms with Gasteiger partial charge in [0.25, 0.3) is 0 Å². The topological polar surface area (TPSA) is 42.1 Å². The molecule has 0 bridgehead atoms. The number of rotatable bonds is 4. The minimum atomic E-state index is 0.0891. The third-order valence-corrected chi connectivity index (χ3v) is 3.02. The van der Waals surface area contributed by atoms with E-state index < -0.39 is 0 Å². The molecule has 15 heavy (non-hydrogen) atoms. The molecule has 2 N–H and O–H groups in total. The van der Waals surface area contributed by atoms with Crippen LogP contribution in [0.15, 0.2) is 18.3 Å². The van der Waals surface area contributed by atoms with Crippen LogP contribution in [0.25, 0.3) is 0 Å². The molecule has 1 atom stereocenters. The summed E-state index contributed by atoms with van der Waals surface area (Å²) in [4.78, 5) is 6.80. The summed E-state index contributed by atoms with van der Waals surface area (Å²) in [5.41, 5.74) is 8.29. The molecule has 1 aromatic rings. The molecule has 2 rings (SSSR count). The fraction of sp³-hybridized carbons (Fsp3) is 0.583. The quantitative estimate of drug-likeness (QED) is 0.809. The lowest BCUT2D eigenvalue weighted by Crippen LogP contribution is -2.38. The lowest BCUT2D eigenvalue weighted by atomic mass is 10.1. The van der Waals surface area contributed by atoms with E-state index in [1.54, 1.807) is 0 Å². The molecule has 1 unspecified atom stereocenters. The van der Waals surface area contributed by atoms with Gasteiger partial charge in [-0.15, -0.1) is 0 Å². The molecule has 1 saturated heterocycles. The summed E-state index contributed by atoms with van der Waals surface area (Å²) in [6.07, 6.45) is 4.24. The highest BCUT2D eigenvalue weighted by Crippen LogP contribution is 2.14. The van der Waals surface area contributed by atoms with Gasteiger partial charge < -0.3 is 10.6 Å². The summed E-state index contributed by atoms with van der Waals surface area (Å²) >= 11 is 0. The van der Waals surface area contributed by atoms with E-state index in [-0.39, 0.29) is 6.04 Å². The Hall–Kier alpha value is -0.930. The first kappa shape index (κ1) is 10.6. The minimum Gasteiger partial charge on any atom is -0.323 e. The monoisotopic (exact) mass is 205 g/mol. The Balaban J connectivity index is 1.83. The van der Waals surface area contributed by atoms with Crippen LogP contribution >= 0.6 is 0 Å². The molecule has 1 fully saturated rings. The molecule has 1 aliphatic rings. The molecule has 0 saturated carbocycles. The van der Waals surface area contributed by atoms with Gasteiger partial charge in [0.05, 0.1) is 5.69 Å². The third-order valence-electron chi connectivity index (χ3n) is 3.02. The van der Waals surface area contributed by atoms with Gasteiger partial charge in [-0.2, -0.15) is 0 Å². The van der Waals surface area contributed by atoms with Crippen LogP contribution in [0.3, 0.4) is 0 Å². The normalized spacial score (nSPS) is 18.5. The molecule has 0 aromatic carbocycles. The SMILES string of the molecule is Cc1ccc(C(N)CCN2CCC2)nc1. The number of aromatic nitrogens is 1. The summed E-state index contributed by atoms with van der Waals surface area (Å²) in [5.74, 6) is 0. The maximum Gasteiger partial charge on any atom is 0.0571 e. The molecule has 0 amide bonds. The van der Waals surface area contributed by atoms with E-state index in [1.807, 2.05) is 19.2 Å². The van der Waals surface area contributed by atoms with Crippen molar-refractivity contribution in [1.29, 1.82) is 0 Å². The number of hydrogen-bond acceptors (Lipinski definition) is 3. The highest BCUT2D eigenvalue weighted by Gasteiger charge is 2.15. The van der Waals surface area contributed by atoms with Crippen LogP contribution in [0, 0.1) is 6.92 Å². The second kappa shape index (κ2) is 4.73. The molecule has 0 spiro atoms. The van der Waals surface area contributed by atoms with Crippen molar-refractivity contribution in [3.63, 3.8) is 0 Å². The van der Waals surface area contributed by atoms with Gasteiger partial charge in [0.1, 0.15) is 0 Å². The average Bonchev–Trinajstić information content (AvgIpc) is 2.16. The van der Waals surface area contributed by atoms with E-state index in [2.05, 4.69) is 16.0 Å². The van der Waals surface area contributed by atoms with Crippen molar-refractivity contribution in [2.75, 3.05) is 19.6 Å². The number of likely N-dealkylation sites (tertiary alicyclic amines) is 1. The van der Waals surface area contributed by atoms with Crippen molar-refractivity contribution in [1.82, 2.24) is 9.88 Å². The molecule has 82 valence electrons. The van der Waals surface area contributed by atoms with Crippen molar-refractivity contribution in [3.05, 3.63) is 29.6 Å². The maximum atomic E-state index is 6.08. The van der Waals surface area contributed by atoms with Gasteiger partial charge in [0.2, 0.25) is 0 Å². The van der Waals surface area contributed by atoms with Crippen LogP contribution in [0.5, 0.6) is 0 Å². The van der Waals surface area contributed by atoms with Crippen LogP contribution in [0.4, 0.5) is 0 Å². The fourth-order valence-corrected chi connectivity index (χ4v) is 1.77. The predicted molar refractivity (Wildman–Crippen MR) is 61.6 cm³/mol. The zero-order valence-electron chi connectivity index (χ0n) is 9.32. The molecule has 3 nitrogen and oxygen atoms in total. The lowest BCUT2D eigenvalue weighted by molar-refractivity contribution is 0.175. The van der Waals surface area contributed by atoms with E-state index in [0.29, 0.717) is 0 Å². The van der Waals surface area contributed by atoms with Crippen molar-refractivity contribution in [2.45, 2.75) is 25.8 Å². The number of aryl methyl sites for hydroxylation is 1. The molecule has 2 heterocycles. The van der Waals surface area contributed by atoms with Crippen LogP contribution in [-0.2, 0) is 0 Å². The van der Waals surface area contributed by atoms with E-state index in [4.69, 9.17) is 5.73 Å². The van der Waals surface area contributed by atoms with Gasteiger partial charge >= 0.3 is 0 Å². The smallest absolute Gasteiger partial charge is 0.0571 e. The summed E-state index contributed by atoms with van der Waals surface area (Å²) in [6, 6.07) is 4.20. The number of nitrogens with two attached hydrogens (primary N) is 1. The van der Waals surface area contributed by atoms with Crippen LogP contribution in [0.2, 0.25) is 0 Å². The standard InChI is InChI=1S/C12H19N3/c1-10-3-4-12(14-9-10)11(13)5-8-15-6-2-7-15/h3-4,9,11H,2,5-8,13H2,1H3. The number of hydrogen-bond donors (Lipinski definition) is 1. The highest BCUT2D eigenvalue weighted by atomic mass is 15.2. The zero-order chi connectivity index (χ0) is 10.7. The van der Waals surface area contributed by atoms with Gasteiger partial charge in [-0.3, -0.25) is 4.98 Å². The highest BCUT2D eigenvalue weighted by molar-refractivity contribution is 5.14. The first-order chi connectivity index (χ1) is 7.25. The zero-order valence-corrected chi connectivity index (χ0v) is 9.32.